The highest BCUT2D eigenvalue weighted by Gasteiger charge is 2.48. The van der Waals surface area contributed by atoms with Gasteiger partial charge in [0.1, 0.15) is 6.61 Å². The molecule has 0 radical (unpaired) electrons. The Labute approximate surface area is 165 Å². The summed E-state index contributed by atoms with van der Waals surface area (Å²) in [7, 11) is 1.65. The maximum atomic E-state index is 13.0. The Morgan fingerprint density at radius 3 is 2.07 bits per heavy atom. The van der Waals surface area contributed by atoms with Crippen molar-refractivity contribution < 1.29 is 19.4 Å². The van der Waals surface area contributed by atoms with E-state index in [1.807, 2.05) is 50.2 Å². The van der Waals surface area contributed by atoms with E-state index in [0.717, 1.165) is 22.3 Å². The Bertz CT molecular complexity index is 831. The first-order valence-electron chi connectivity index (χ1n) is 9.64. The molecule has 0 heterocycles. The first-order valence-corrected chi connectivity index (χ1v) is 9.64. The monoisotopic (exact) mass is 381 g/mol. The molecule has 3 rings (SSSR count). The van der Waals surface area contributed by atoms with Gasteiger partial charge in [-0.05, 0) is 41.6 Å². The van der Waals surface area contributed by atoms with Crippen LogP contribution in [0.1, 0.15) is 37.3 Å². The minimum atomic E-state index is -1.58. The Morgan fingerprint density at radius 2 is 1.61 bits per heavy atom. The zero-order valence-corrected chi connectivity index (χ0v) is 16.6. The number of nitrogens with one attached hydrogen (secondary N) is 1. The van der Waals surface area contributed by atoms with Gasteiger partial charge in [-0.15, -0.1) is 0 Å². The Balaban J connectivity index is 1.86. The summed E-state index contributed by atoms with van der Waals surface area (Å²) < 4.78 is 5.66. The predicted octanol–water partition coefficient (Wildman–Crippen LogP) is 3.68. The topological polar surface area (TPSA) is 75.6 Å². The third-order valence-electron chi connectivity index (χ3n) is 5.38. The van der Waals surface area contributed by atoms with Crippen molar-refractivity contribution in [3.05, 3.63) is 59.7 Å². The van der Waals surface area contributed by atoms with E-state index in [2.05, 4.69) is 17.4 Å². The number of carbonyl (C=O) groups excluding carboxylic acids is 1. The van der Waals surface area contributed by atoms with E-state index in [9.17, 15) is 14.7 Å². The molecule has 0 fully saturated rings. The van der Waals surface area contributed by atoms with Crippen LogP contribution in [0.2, 0.25) is 0 Å². The molecular weight excluding hydrogens is 354 g/mol. The molecule has 1 aliphatic rings. The van der Waals surface area contributed by atoms with Gasteiger partial charge in [0.15, 0.2) is 5.41 Å². The fourth-order valence-electron chi connectivity index (χ4n) is 4.21. The number of hydrogen-bond donors (Lipinski definition) is 2. The van der Waals surface area contributed by atoms with Crippen LogP contribution in [0.3, 0.4) is 0 Å². The van der Waals surface area contributed by atoms with Crippen LogP contribution < -0.4 is 5.32 Å². The Kier molecular flexibility index (Phi) is 5.84. The van der Waals surface area contributed by atoms with Crippen molar-refractivity contribution in [2.45, 2.75) is 26.2 Å². The predicted molar refractivity (Wildman–Crippen MR) is 108 cm³/mol. The summed E-state index contributed by atoms with van der Waals surface area (Å²) in [5.41, 5.74) is 2.91. The lowest BCUT2D eigenvalue weighted by Crippen LogP contribution is -2.48. The van der Waals surface area contributed by atoms with Gasteiger partial charge in [0.2, 0.25) is 0 Å². The lowest BCUT2D eigenvalue weighted by Gasteiger charge is -2.29. The number of benzene rings is 2. The van der Waals surface area contributed by atoms with E-state index in [4.69, 9.17) is 4.74 Å². The smallest absolute Gasteiger partial charge is 0.324 e. The quantitative estimate of drug-likeness (QED) is 0.539. The Hall–Kier alpha value is -2.66. The number of esters is 1. The number of fused-ring (bicyclic) bond motifs is 3. The van der Waals surface area contributed by atoms with E-state index >= 15 is 0 Å². The number of carboxylic acids is 1. The molecule has 148 valence electrons. The number of ether oxygens (including phenoxy) is 1. The van der Waals surface area contributed by atoms with Crippen LogP contribution >= 0.6 is 0 Å². The van der Waals surface area contributed by atoms with Gasteiger partial charge in [-0.2, -0.15) is 0 Å². The molecule has 0 aromatic heterocycles. The fourth-order valence-corrected chi connectivity index (χ4v) is 4.21. The number of aliphatic carboxylic acids is 1. The molecule has 0 amide bonds. The van der Waals surface area contributed by atoms with Gasteiger partial charge >= 0.3 is 11.9 Å². The van der Waals surface area contributed by atoms with Crippen molar-refractivity contribution in [2.24, 2.45) is 11.3 Å². The van der Waals surface area contributed by atoms with Gasteiger partial charge < -0.3 is 15.2 Å². The summed E-state index contributed by atoms with van der Waals surface area (Å²) in [6, 6.07) is 16.2. The maximum absolute atomic E-state index is 13.0. The third kappa shape index (κ3) is 3.54. The SMILES string of the molecule is CNC[C@@](CC(C)C)(C(=O)O)C(=O)OCC1c2ccccc2-c2ccccc21. The molecular formula is C23H27NO4. The number of carboxylic acid groups (broad SMARTS) is 1. The largest absolute Gasteiger partial charge is 0.480 e. The van der Waals surface area contributed by atoms with Crippen LogP contribution in [0, 0.1) is 11.3 Å². The zero-order chi connectivity index (χ0) is 20.3. The Morgan fingerprint density at radius 1 is 1.07 bits per heavy atom. The zero-order valence-electron chi connectivity index (χ0n) is 16.6. The molecule has 2 N–H and O–H groups in total. The molecule has 5 nitrogen and oxygen atoms in total. The second-order valence-corrected chi connectivity index (χ2v) is 7.84. The summed E-state index contributed by atoms with van der Waals surface area (Å²) in [6.07, 6.45) is 0.222. The molecule has 0 spiro atoms. The molecule has 0 saturated carbocycles. The van der Waals surface area contributed by atoms with E-state index in [1.54, 1.807) is 7.05 Å². The van der Waals surface area contributed by atoms with E-state index < -0.39 is 17.4 Å². The third-order valence-corrected chi connectivity index (χ3v) is 5.38. The second-order valence-electron chi connectivity index (χ2n) is 7.84. The van der Waals surface area contributed by atoms with Gasteiger partial charge in [0.05, 0.1) is 0 Å². The summed E-state index contributed by atoms with van der Waals surface area (Å²) >= 11 is 0. The van der Waals surface area contributed by atoms with E-state index in [1.165, 1.54) is 0 Å². The average molecular weight is 381 g/mol. The van der Waals surface area contributed by atoms with Crippen molar-refractivity contribution in [1.82, 2.24) is 5.32 Å². The van der Waals surface area contributed by atoms with Gasteiger partial charge in [0.25, 0.3) is 0 Å². The molecule has 0 unspecified atom stereocenters. The lowest BCUT2D eigenvalue weighted by atomic mass is 9.80. The summed E-state index contributed by atoms with van der Waals surface area (Å²) in [4.78, 5) is 25.0. The van der Waals surface area contributed by atoms with Crippen LogP contribution in [0.5, 0.6) is 0 Å². The number of hydrogen-bond acceptors (Lipinski definition) is 4. The molecule has 28 heavy (non-hydrogen) atoms. The minimum absolute atomic E-state index is 0.0389. The van der Waals surface area contributed by atoms with Crippen molar-refractivity contribution in [2.75, 3.05) is 20.2 Å². The average Bonchev–Trinajstić information content (AvgIpc) is 2.99. The highest BCUT2D eigenvalue weighted by Crippen LogP contribution is 2.44. The number of carbonyl (C=O) groups is 2. The van der Waals surface area contributed by atoms with Crippen LogP contribution in [0.4, 0.5) is 0 Å². The number of rotatable bonds is 8. The molecule has 0 bridgehead atoms. The lowest BCUT2D eigenvalue weighted by molar-refractivity contribution is -0.170. The maximum Gasteiger partial charge on any atom is 0.324 e. The van der Waals surface area contributed by atoms with Gasteiger partial charge in [-0.1, -0.05) is 62.4 Å². The normalized spacial score (nSPS) is 15.0. The van der Waals surface area contributed by atoms with Crippen molar-refractivity contribution in [3.8, 4) is 11.1 Å². The van der Waals surface area contributed by atoms with Crippen LogP contribution in [0.25, 0.3) is 11.1 Å². The fraction of sp³-hybridized carbons (Fsp3) is 0.391. The van der Waals surface area contributed by atoms with Crippen molar-refractivity contribution >= 4 is 11.9 Å². The van der Waals surface area contributed by atoms with E-state index in [-0.39, 0.29) is 31.4 Å². The molecule has 5 heteroatoms. The van der Waals surface area contributed by atoms with Gasteiger partial charge in [-0.25, -0.2) is 0 Å². The molecule has 0 saturated heterocycles. The van der Waals surface area contributed by atoms with Gasteiger partial charge in [-0.3, -0.25) is 9.59 Å². The first kappa shape index (κ1) is 20.1. The van der Waals surface area contributed by atoms with Crippen LogP contribution in [-0.4, -0.2) is 37.2 Å². The standard InChI is InChI=1S/C23H27NO4/c1-15(2)12-23(14-24-3,21(25)26)22(27)28-13-20-18-10-6-4-8-16(18)17-9-5-7-11-19(17)20/h4-11,15,20,24H,12-14H2,1-3H3,(H,25,26)/t23-/m0/s1. The second kappa shape index (κ2) is 8.15. The molecule has 0 aliphatic heterocycles. The van der Waals surface area contributed by atoms with Crippen LogP contribution in [-0.2, 0) is 14.3 Å². The molecule has 1 aliphatic carbocycles. The molecule has 2 aromatic rings. The van der Waals surface area contributed by atoms with Crippen LogP contribution in [0.15, 0.2) is 48.5 Å². The van der Waals surface area contributed by atoms with E-state index in [0.29, 0.717) is 0 Å². The van der Waals surface area contributed by atoms with Crippen molar-refractivity contribution in [1.29, 1.82) is 0 Å². The summed E-state index contributed by atoms with van der Waals surface area (Å²) in [6.45, 7) is 3.98. The summed E-state index contributed by atoms with van der Waals surface area (Å²) in [5.74, 6) is -1.86. The first-order chi connectivity index (χ1) is 13.4. The highest BCUT2D eigenvalue weighted by molar-refractivity contribution is 5.99. The summed E-state index contributed by atoms with van der Waals surface area (Å²) in [5, 5.41) is 12.7. The van der Waals surface area contributed by atoms with Gasteiger partial charge in [0, 0.05) is 12.5 Å². The minimum Gasteiger partial charge on any atom is -0.480 e. The molecule has 2 aromatic carbocycles. The highest BCUT2D eigenvalue weighted by atomic mass is 16.5. The van der Waals surface area contributed by atoms with Crippen molar-refractivity contribution in [3.63, 3.8) is 0 Å². The molecule has 1 atom stereocenters.